The molecule has 2 saturated heterocycles. The number of aliphatic hydroxyl groups is 2. The van der Waals surface area contributed by atoms with E-state index in [0.717, 1.165) is 11.1 Å². The topological polar surface area (TPSA) is 149 Å². The van der Waals surface area contributed by atoms with E-state index in [9.17, 15) is 29.4 Å². The lowest BCUT2D eigenvalue weighted by molar-refractivity contribution is -0.302. The number of fused-ring (bicyclic) bond motifs is 3. The number of ether oxygens (including phenoxy) is 4. The van der Waals surface area contributed by atoms with Crippen LogP contribution in [0.5, 0.6) is 0 Å². The molecule has 3 heterocycles. The van der Waals surface area contributed by atoms with Crippen LogP contribution in [0, 0.1) is 23.7 Å². The molecule has 0 saturated carbocycles. The quantitative estimate of drug-likeness (QED) is 0.227. The number of carbonyl (C=O) groups is 4. The van der Waals surface area contributed by atoms with Crippen molar-refractivity contribution in [2.24, 2.45) is 23.7 Å². The summed E-state index contributed by atoms with van der Waals surface area (Å²) in [6.45, 7) is 11.3. The van der Waals surface area contributed by atoms with Crippen LogP contribution in [-0.2, 0) is 38.1 Å². The average Bonchev–Trinajstić information content (AvgIpc) is 3.14. The van der Waals surface area contributed by atoms with E-state index in [1.807, 2.05) is 56.3 Å². The van der Waals surface area contributed by atoms with Crippen molar-refractivity contribution in [3.8, 4) is 0 Å². The third-order valence-electron chi connectivity index (χ3n) is 11.5. The molecular weight excluding hydrogens is 678 g/mol. The van der Waals surface area contributed by atoms with Crippen LogP contribution in [0.3, 0.4) is 0 Å². The van der Waals surface area contributed by atoms with Crippen LogP contribution < -0.4 is 0 Å². The van der Waals surface area contributed by atoms with Gasteiger partial charge in [0, 0.05) is 44.9 Å². The number of cyclic esters (lactones) is 1. The lowest BCUT2D eigenvalue weighted by Gasteiger charge is -2.47. The molecule has 1 aromatic rings. The summed E-state index contributed by atoms with van der Waals surface area (Å²) >= 11 is 0. The second-order valence-corrected chi connectivity index (χ2v) is 15.6. The number of ketones is 2. The number of aliphatic hydroxyl groups excluding tert-OH is 1. The summed E-state index contributed by atoms with van der Waals surface area (Å²) in [5, 5.41) is 23.5. The van der Waals surface area contributed by atoms with Gasteiger partial charge >= 0.3 is 5.97 Å². The predicted molar refractivity (Wildman–Crippen MR) is 200 cm³/mol. The highest BCUT2D eigenvalue weighted by Crippen LogP contribution is 2.39. The normalized spacial score (nSPS) is 36.2. The Morgan fingerprint density at radius 3 is 2.30 bits per heavy atom. The Balaban J connectivity index is 1.78. The van der Waals surface area contributed by atoms with Crippen LogP contribution in [0.25, 0.3) is 6.08 Å². The summed E-state index contributed by atoms with van der Waals surface area (Å²) < 4.78 is 24.1. The molecule has 2 fully saturated rings. The number of esters is 1. The zero-order valence-corrected chi connectivity index (χ0v) is 32.8. The minimum absolute atomic E-state index is 0.0480. The van der Waals surface area contributed by atoms with E-state index in [1.165, 1.54) is 19.1 Å². The molecule has 0 aliphatic carbocycles. The SMILES string of the molecule is CCC1C=C(C)CC(C)CC(OC)C2OC(O)(C(=O)C(=O)N3CCCCC3C(=O)OC(C(C)=Cc3ccccc3)C(C)C(O)CC1=O)C(C)CC2OC. The van der Waals surface area contributed by atoms with E-state index < -0.39 is 77.8 Å². The molecule has 53 heavy (non-hydrogen) atoms. The first-order chi connectivity index (χ1) is 25.1. The fourth-order valence-electron chi connectivity index (χ4n) is 8.27. The second-order valence-electron chi connectivity index (χ2n) is 15.6. The number of benzene rings is 1. The van der Waals surface area contributed by atoms with Crippen molar-refractivity contribution in [1.29, 1.82) is 0 Å². The number of rotatable bonds is 5. The molecule has 3 aliphatic heterocycles. The van der Waals surface area contributed by atoms with Crippen molar-refractivity contribution in [2.45, 2.75) is 135 Å². The van der Waals surface area contributed by atoms with Gasteiger partial charge in [0.2, 0.25) is 5.79 Å². The molecule has 4 rings (SSSR count). The number of hydrogen-bond acceptors (Lipinski definition) is 10. The summed E-state index contributed by atoms with van der Waals surface area (Å²) in [7, 11) is 3.07. The number of hydrogen-bond donors (Lipinski definition) is 2. The van der Waals surface area contributed by atoms with Crippen LogP contribution in [0.1, 0.15) is 98.5 Å². The summed E-state index contributed by atoms with van der Waals surface area (Å²) in [5.41, 5.74) is 2.51. The highest BCUT2D eigenvalue weighted by atomic mass is 16.7. The van der Waals surface area contributed by atoms with Crippen molar-refractivity contribution >= 4 is 29.5 Å². The van der Waals surface area contributed by atoms with Gasteiger partial charge in [-0.25, -0.2) is 4.79 Å². The molecule has 0 radical (unpaired) electrons. The Hall–Kier alpha value is -3.22. The molecule has 1 aromatic carbocycles. The van der Waals surface area contributed by atoms with E-state index in [1.54, 1.807) is 20.8 Å². The van der Waals surface area contributed by atoms with Crippen molar-refractivity contribution in [1.82, 2.24) is 4.90 Å². The van der Waals surface area contributed by atoms with Crippen LogP contribution in [0.4, 0.5) is 0 Å². The van der Waals surface area contributed by atoms with Gasteiger partial charge in [0.1, 0.15) is 24.0 Å². The average molecular weight is 740 g/mol. The van der Waals surface area contributed by atoms with Gasteiger partial charge in [-0.2, -0.15) is 0 Å². The smallest absolute Gasteiger partial charge is 0.329 e. The minimum Gasteiger partial charge on any atom is -0.456 e. The number of nitrogens with zero attached hydrogens (tertiary/aromatic N) is 1. The van der Waals surface area contributed by atoms with Gasteiger partial charge in [0.25, 0.3) is 11.7 Å². The molecule has 3 aliphatic rings. The standard InChI is InChI=1S/C42H61NO10/c1-9-31-20-25(2)19-26(3)21-35(50-7)38-36(51-8)23-28(5)42(49,53-38)39(46)40(47)43-18-14-13-17-32(43)41(48)52-37(29(6)33(44)24-34(31)45)27(4)22-30-15-11-10-12-16-30/h10-12,15-16,20,22,26,28-29,31-33,35-38,44,49H,9,13-14,17-19,21,23-24H2,1-8H3. The molecule has 11 atom stereocenters. The van der Waals surface area contributed by atoms with Crippen LogP contribution in [0.15, 0.2) is 47.6 Å². The number of piperidine rings is 1. The monoisotopic (exact) mass is 739 g/mol. The Bertz CT molecular complexity index is 1490. The van der Waals surface area contributed by atoms with E-state index in [0.29, 0.717) is 37.7 Å². The Morgan fingerprint density at radius 2 is 1.66 bits per heavy atom. The first-order valence-corrected chi connectivity index (χ1v) is 19.3. The maximum absolute atomic E-state index is 14.1. The van der Waals surface area contributed by atoms with Gasteiger partial charge in [-0.1, -0.05) is 75.8 Å². The van der Waals surface area contributed by atoms with Gasteiger partial charge in [-0.05, 0) is 75.8 Å². The van der Waals surface area contributed by atoms with E-state index in [4.69, 9.17) is 18.9 Å². The summed E-state index contributed by atoms with van der Waals surface area (Å²) in [5.74, 6) is -7.36. The lowest BCUT2D eigenvalue weighted by Crippen LogP contribution is -2.64. The fourth-order valence-corrected chi connectivity index (χ4v) is 8.27. The van der Waals surface area contributed by atoms with Crippen LogP contribution >= 0.6 is 0 Å². The van der Waals surface area contributed by atoms with E-state index in [-0.39, 0.29) is 37.5 Å². The highest BCUT2D eigenvalue weighted by Gasteiger charge is 2.56. The van der Waals surface area contributed by atoms with Gasteiger partial charge < -0.3 is 34.1 Å². The predicted octanol–water partition coefficient (Wildman–Crippen LogP) is 5.45. The zero-order valence-electron chi connectivity index (χ0n) is 32.8. The molecule has 0 spiro atoms. The number of Topliss-reactive ketones (excluding diaryl/α,β-unsaturated/α-hetero) is 2. The molecule has 2 bridgehead atoms. The van der Waals surface area contributed by atoms with Gasteiger partial charge in [-0.15, -0.1) is 0 Å². The Labute approximate surface area is 315 Å². The van der Waals surface area contributed by atoms with Crippen LogP contribution in [-0.4, -0.2) is 102 Å². The molecule has 11 unspecified atom stereocenters. The molecule has 11 heteroatoms. The Morgan fingerprint density at radius 1 is 1.00 bits per heavy atom. The fraction of sp³-hybridized carbons (Fsp3) is 0.667. The number of carbonyl (C=O) groups excluding carboxylic acids is 4. The molecule has 11 nitrogen and oxygen atoms in total. The molecule has 2 N–H and O–H groups in total. The van der Waals surface area contributed by atoms with Gasteiger partial charge in [0.05, 0.1) is 18.3 Å². The molecule has 0 aromatic heterocycles. The second kappa shape index (κ2) is 18.9. The van der Waals surface area contributed by atoms with Crippen LogP contribution in [0.2, 0.25) is 0 Å². The van der Waals surface area contributed by atoms with Crippen molar-refractivity contribution in [2.75, 3.05) is 20.8 Å². The summed E-state index contributed by atoms with van der Waals surface area (Å²) in [6.07, 6.45) is 2.94. The summed E-state index contributed by atoms with van der Waals surface area (Å²) in [4.78, 5) is 57.3. The van der Waals surface area contributed by atoms with Gasteiger partial charge in [-0.3, -0.25) is 14.4 Å². The molecule has 294 valence electrons. The highest BCUT2D eigenvalue weighted by molar-refractivity contribution is 6.39. The van der Waals surface area contributed by atoms with E-state index >= 15 is 0 Å². The third-order valence-corrected chi connectivity index (χ3v) is 11.5. The first kappa shape index (κ1) is 42.5. The van der Waals surface area contributed by atoms with Crippen molar-refractivity contribution < 1.29 is 48.3 Å². The Kier molecular flexibility index (Phi) is 15.2. The number of methoxy groups -OCH3 is 2. The molecule has 1 amide bonds. The van der Waals surface area contributed by atoms with E-state index in [2.05, 4.69) is 6.92 Å². The zero-order chi connectivity index (χ0) is 39.0. The number of amides is 1. The first-order valence-electron chi connectivity index (χ1n) is 19.3. The maximum Gasteiger partial charge on any atom is 0.329 e. The van der Waals surface area contributed by atoms with Crippen molar-refractivity contribution in [3.05, 3.63) is 53.1 Å². The van der Waals surface area contributed by atoms with Crippen molar-refractivity contribution in [3.63, 3.8) is 0 Å². The lowest BCUT2D eigenvalue weighted by atomic mass is 9.82. The molecular formula is C42H61NO10. The minimum atomic E-state index is -2.48. The number of allylic oxidation sites excluding steroid dienone is 2. The van der Waals surface area contributed by atoms with Gasteiger partial charge in [0.15, 0.2) is 0 Å². The summed E-state index contributed by atoms with van der Waals surface area (Å²) in [6, 6.07) is 8.38. The largest absolute Gasteiger partial charge is 0.456 e. The third kappa shape index (κ3) is 10.1. The maximum atomic E-state index is 14.1.